The Morgan fingerprint density at radius 3 is 1.58 bits per heavy atom. The van der Waals surface area contributed by atoms with Crippen molar-refractivity contribution >= 4 is 19.7 Å². The number of phosphoric acid groups is 1. The third-order valence-corrected chi connectivity index (χ3v) is 9.57. The van der Waals surface area contributed by atoms with Gasteiger partial charge in [-0.1, -0.05) is 141 Å². The van der Waals surface area contributed by atoms with E-state index in [4.69, 9.17) is 13.8 Å². The highest BCUT2D eigenvalue weighted by Gasteiger charge is 2.23. The molecule has 0 aliphatic rings. The molecule has 0 fully saturated rings. The molecule has 0 bridgehead atoms. The molecule has 0 aliphatic heterocycles. The van der Waals surface area contributed by atoms with Crippen molar-refractivity contribution in [2.75, 3.05) is 26.4 Å². The lowest BCUT2D eigenvalue weighted by atomic mass is 10.1. The maximum Gasteiger partial charge on any atom is 0.472 e. The second kappa shape index (κ2) is 37.3. The first-order chi connectivity index (χ1) is 24.3. The van der Waals surface area contributed by atoms with Crippen molar-refractivity contribution in [1.82, 2.24) is 5.32 Å². The van der Waals surface area contributed by atoms with Crippen LogP contribution in [0, 0.1) is 0 Å². The monoisotopic (exact) mass is 730 g/mol. The summed E-state index contributed by atoms with van der Waals surface area (Å²) in [5.74, 6) is -0.528. The molecule has 2 atom stereocenters. The van der Waals surface area contributed by atoms with Gasteiger partial charge in [-0.05, 0) is 57.8 Å². The molecule has 0 heterocycles. The Kier molecular flexibility index (Phi) is 36.1. The van der Waals surface area contributed by atoms with E-state index < -0.39 is 26.5 Å². The van der Waals surface area contributed by atoms with E-state index in [1.165, 1.54) is 103 Å². The lowest BCUT2D eigenvalue weighted by Crippen LogP contribution is -2.27. The van der Waals surface area contributed by atoms with E-state index in [0.717, 1.165) is 57.8 Å². The van der Waals surface area contributed by atoms with Crippen molar-refractivity contribution < 1.29 is 37.9 Å². The molecular formula is C40H76NO8P. The van der Waals surface area contributed by atoms with Crippen LogP contribution in [0.3, 0.4) is 0 Å². The van der Waals surface area contributed by atoms with Gasteiger partial charge in [0.15, 0.2) is 0 Å². The summed E-state index contributed by atoms with van der Waals surface area (Å²) in [6, 6.07) is 0. The summed E-state index contributed by atoms with van der Waals surface area (Å²) in [5, 5.41) is 12.6. The highest BCUT2D eigenvalue weighted by molar-refractivity contribution is 7.47. The first-order valence-electron chi connectivity index (χ1n) is 20.3. The first kappa shape index (κ1) is 48.5. The van der Waals surface area contributed by atoms with Gasteiger partial charge in [-0.25, -0.2) is 4.57 Å². The molecule has 0 spiro atoms. The number of nitrogens with one attached hydrogen (secondary N) is 1. The van der Waals surface area contributed by atoms with Crippen LogP contribution in [0.1, 0.15) is 187 Å². The molecule has 50 heavy (non-hydrogen) atoms. The van der Waals surface area contributed by atoms with E-state index in [1.54, 1.807) is 0 Å². The minimum atomic E-state index is -4.41. The number of hydrogen-bond donors (Lipinski definition) is 3. The average molecular weight is 730 g/mol. The van der Waals surface area contributed by atoms with Gasteiger partial charge >= 0.3 is 13.8 Å². The first-order valence-corrected chi connectivity index (χ1v) is 21.8. The summed E-state index contributed by atoms with van der Waals surface area (Å²) < 4.78 is 26.8. The van der Waals surface area contributed by atoms with Crippen LogP contribution in [-0.4, -0.2) is 54.3 Å². The number of rotatable bonds is 38. The number of aliphatic hydroxyl groups excluding tert-OH is 1. The Balaban J connectivity index is 3.59. The fourth-order valence-electron chi connectivity index (χ4n) is 5.49. The zero-order valence-corrected chi connectivity index (χ0v) is 33.0. The Morgan fingerprint density at radius 2 is 1.06 bits per heavy atom. The van der Waals surface area contributed by atoms with E-state index in [0.29, 0.717) is 6.42 Å². The van der Waals surface area contributed by atoms with Crippen molar-refractivity contribution in [3.63, 3.8) is 0 Å². The van der Waals surface area contributed by atoms with Crippen molar-refractivity contribution in [3.05, 3.63) is 24.3 Å². The van der Waals surface area contributed by atoms with Gasteiger partial charge in [-0.3, -0.25) is 18.6 Å². The summed E-state index contributed by atoms with van der Waals surface area (Å²) in [7, 11) is -4.41. The van der Waals surface area contributed by atoms with Crippen molar-refractivity contribution in [3.8, 4) is 0 Å². The fraction of sp³-hybridized carbons (Fsp3) is 0.850. The highest BCUT2D eigenvalue weighted by atomic mass is 31.2. The molecule has 0 radical (unpaired) electrons. The summed E-state index contributed by atoms with van der Waals surface area (Å²) in [6.07, 6.45) is 38.3. The molecule has 9 nitrogen and oxygen atoms in total. The predicted octanol–water partition coefficient (Wildman–Crippen LogP) is 10.8. The number of ether oxygens (including phenoxy) is 1. The van der Waals surface area contributed by atoms with Crippen LogP contribution >= 0.6 is 7.82 Å². The Bertz CT molecular complexity index is 881. The maximum absolute atomic E-state index is 12.0. The standard InChI is InChI=1S/C40H76NO8P/c1-3-5-7-9-11-13-15-16-17-18-19-20-21-22-23-25-27-29-31-33-40(44)47-36-38(42)37-49-50(45,46)48-35-34-41-39(43)32-30-28-26-24-14-12-10-8-6-4-2/h8,10,16-17,38,42H,3-7,9,11-15,18-37H2,1-2H3,(H,41,43)(H,45,46)/b10-8-,17-16+. The second-order valence-electron chi connectivity index (χ2n) is 13.6. The third-order valence-electron chi connectivity index (χ3n) is 8.58. The number of allylic oxidation sites excluding steroid dienone is 4. The second-order valence-corrected chi connectivity index (χ2v) is 15.1. The van der Waals surface area contributed by atoms with Crippen LogP contribution in [0.25, 0.3) is 0 Å². The van der Waals surface area contributed by atoms with Crippen molar-refractivity contribution in [2.45, 2.75) is 193 Å². The van der Waals surface area contributed by atoms with E-state index in [-0.39, 0.29) is 32.1 Å². The minimum absolute atomic E-state index is 0.0779. The van der Waals surface area contributed by atoms with Crippen molar-refractivity contribution in [1.29, 1.82) is 0 Å². The van der Waals surface area contributed by atoms with Gasteiger partial charge in [-0.2, -0.15) is 0 Å². The molecule has 1 amide bonds. The zero-order chi connectivity index (χ0) is 36.8. The average Bonchev–Trinajstić information content (AvgIpc) is 3.10. The number of hydrogen-bond acceptors (Lipinski definition) is 7. The van der Waals surface area contributed by atoms with E-state index in [9.17, 15) is 24.2 Å². The molecule has 0 saturated heterocycles. The Morgan fingerprint density at radius 1 is 0.600 bits per heavy atom. The van der Waals surface area contributed by atoms with E-state index in [1.807, 2.05) is 0 Å². The molecular weight excluding hydrogens is 653 g/mol. The van der Waals surface area contributed by atoms with Gasteiger partial charge < -0.3 is 20.1 Å². The van der Waals surface area contributed by atoms with Gasteiger partial charge in [-0.15, -0.1) is 0 Å². The van der Waals surface area contributed by atoms with Gasteiger partial charge in [0.1, 0.15) is 12.7 Å². The molecule has 0 aromatic heterocycles. The number of amides is 1. The van der Waals surface area contributed by atoms with Crippen LogP contribution in [0.5, 0.6) is 0 Å². The maximum atomic E-state index is 12.0. The van der Waals surface area contributed by atoms with Crippen LogP contribution < -0.4 is 5.32 Å². The molecule has 294 valence electrons. The number of phosphoric ester groups is 1. The number of carbonyl (C=O) groups is 2. The largest absolute Gasteiger partial charge is 0.472 e. The quantitative estimate of drug-likeness (QED) is 0.0248. The van der Waals surface area contributed by atoms with Crippen LogP contribution in [0.4, 0.5) is 0 Å². The van der Waals surface area contributed by atoms with E-state index >= 15 is 0 Å². The van der Waals surface area contributed by atoms with Gasteiger partial charge in [0.25, 0.3) is 0 Å². The lowest BCUT2D eigenvalue weighted by molar-refractivity contribution is -0.147. The topological polar surface area (TPSA) is 131 Å². The minimum Gasteiger partial charge on any atom is -0.463 e. The molecule has 2 unspecified atom stereocenters. The SMILES string of the molecule is CCC/C=C\CCCCCCCC(=O)NCCOP(=O)(O)OCC(O)COC(=O)CCCCCCCCCCC/C=C/CCCCCCCC. The molecule has 0 aromatic carbocycles. The number of esters is 1. The molecule has 0 saturated carbocycles. The number of unbranched alkanes of at least 4 members (excludes halogenated alkanes) is 21. The van der Waals surface area contributed by atoms with Crippen LogP contribution in [0.2, 0.25) is 0 Å². The molecule has 10 heteroatoms. The summed E-state index contributed by atoms with van der Waals surface area (Å²) >= 11 is 0. The summed E-state index contributed by atoms with van der Waals surface area (Å²) in [5.41, 5.74) is 0. The predicted molar refractivity (Wildman–Crippen MR) is 206 cm³/mol. The Labute approximate surface area is 306 Å². The van der Waals surface area contributed by atoms with Crippen LogP contribution in [-0.2, 0) is 27.9 Å². The fourth-order valence-corrected chi connectivity index (χ4v) is 6.25. The molecule has 0 aliphatic carbocycles. The lowest BCUT2D eigenvalue weighted by Gasteiger charge is -2.15. The molecule has 0 aromatic rings. The smallest absolute Gasteiger partial charge is 0.463 e. The Hall–Kier alpha value is -1.51. The molecule has 0 rings (SSSR count). The van der Waals surface area contributed by atoms with Crippen LogP contribution in [0.15, 0.2) is 24.3 Å². The summed E-state index contributed by atoms with van der Waals surface area (Å²) in [4.78, 5) is 33.7. The third kappa shape index (κ3) is 37.7. The summed E-state index contributed by atoms with van der Waals surface area (Å²) in [6.45, 7) is 3.47. The van der Waals surface area contributed by atoms with Crippen molar-refractivity contribution in [2.24, 2.45) is 0 Å². The van der Waals surface area contributed by atoms with Gasteiger partial charge in [0.2, 0.25) is 5.91 Å². The number of aliphatic hydroxyl groups is 1. The van der Waals surface area contributed by atoms with Gasteiger partial charge in [0.05, 0.1) is 13.2 Å². The highest BCUT2D eigenvalue weighted by Crippen LogP contribution is 2.42. The normalized spacial score (nSPS) is 13.6. The van der Waals surface area contributed by atoms with E-state index in [2.05, 4.69) is 43.5 Å². The zero-order valence-electron chi connectivity index (χ0n) is 32.1. The molecule has 3 N–H and O–H groups in total. The number of carbonyl (C=O) groups excluding carboxylic acids is 2. The van der Waals surface area contributed by atoms with Gasteiger partial charge in [0, 0.05) is 19.4 Å².